The molecule has 1 aliphatic rings. The molecule has 0 aliphatic carbocycles. The van der Waals surface area contributed by atoms with Crippen LogP contribution in [0.4, 0.5) is 36.8 Å². The van der Waals surface area contributed by atoms with Crippen molar-refractivity contribution in [3.8, 4) is 5.75 Å². The maximum absolute atomic E-state index is 13.6. The topological polar surface area (TPSA) is 78.9 Å². The number of alkyl halides is 5. The van der Waals surface area contributed by atoms with E-state index in [1.165, 1.54) is 0 Å². The van der Waals surface area contributed by atoms with Gasteiger partial charge in [-0.15, -0.1) is 0 Å². The van der Waals surface area contributed by atoms with Gasteiger partial charge in [-0.25, -0.2) is 9.18 Å². The summed E-state index contributed by atoms with van der Waals surface area (Å²) in [6.45, 7) is -4.82. The fourth-order valence-corrected chi connectivity index (χ4v) is 2.52. The molecule has 2 amide bonds. The quantitative estimate of drug-likeness (QED) is 0.780. The molecule has 0 spiro atoms. The van der Waals surface area contributed by atoms with E-state index in [1.54, 1.807) is 0 Å². The molecule has 12 heteroatoms. The van der Waals surface area contributed by atoms with E-state index in [0.717, 1.165) is 12.1 Å². The van der Waals surface area contributed by atoms with E-state index in [2.05, 4.69) is 10.1 Å². The lowest BCUT2D eigenvalue weighted by molar-refractivity contribution is -0.187. The van der Waals surface area contributed by atoms with Crippen molar-refractivity contribution in [2.75, 3.05) is 18.4 Å². The van der Waals surface area contributed by atoms with Crippen molar-refractivity contribution in [3.63, 3.8) is 0 Å². The molecule has 0 radical (unpaired) electrons. The van der Waals surface area contributed by atoms with Crippen LogP contribution in [0.2, 0.25) is 0 Å². The number of carbonyl (C=O) groups is 2. The number of halogens is 6. The Bertz CT molecular complexity index is 697. The van der Waals surface area contributed by atoms with E-state index in [9.17, 15) is 35.9 Å². The summed E-state index contributed by atoms with van der Waals surface area (Å²) in [4.78, 5) is 23.6. The highest BCUT2D eigenvalue weighted by Crippen LogP contribution is 2.38. The largest absolute Gasteiger partial charge is 0.481 e. The van der Waals surface area contributed by atoms with Gasteiger partial charge >= 0.3 is 24.8 Å². The zero-order chi connectivity index (χ0) is 19.6. The molecule has 2 rings (SSSR count). The van der Waals surface area contributed by atoms with Gasteiger partial charge in [0, 0.05) is 24.8 Å². The number of carbonyl (C=O) groups excluding carboxylic acids is 1. The number of rotatable bonds is 4. The SMILES string of the molecule is O=C(O)[C@@H]1CN(C(=O)Nc2ccc(OC(F)F)c(F)c2)C[C@H]1C(F)(F)F. The Morgan fingerprint density at radius 1 is 1.27 bits per heavy atom. The van der Waals surface area contributed by atoms with E-state index in [0.29, 0.717) is 11.0 Å². The molecule has 26 heavy (non-hydrogen) atoms. The summed E-state index contributed by atoms with van der Waals surface area (Å²) in [6.07, 6.45) is -4.81. The molecule has 0 bridgehead atoms. The zero-order valence-electron chi connectivity index (χ0n) is 12.8. The highest BCUT2D eigenvalue weighted by Gasteiger charge is 2.53. The summed E-state index contributed by atoms with van der Waals surface area (Å²) >= 11 is 0. The van der Waals surface area contributed by atoms with Crippen molar-refractivity contribution >= 4 is 17.7 Å². The highest BCUT2D eigenvalue weighted by molar-refractivity contribution is 5.90. The second kappa shape index (κ2) is 7.30. The number of likely N-dealkylation sites (tertiary alicyclic amines) is 1. The van der Waals surface area contributed by atoms with Crippen LogP contribution in [-0.4, -0.2) is 47.9 Å². The number of anilines is 1. The molecule has 1 fully saturated rings. The van der Waals surface area contributed by atoms with Gasteiger partial charge in [0.1, 0.15) is 0 Å². The minimum atomic E-state index is -4.81. The number of nitrogens with zero attached hydrogens (tertiary/aromatic N) is 1. The van der Waals surface area contributed by atoms with Gasteiger partial charge in [0.25, 0.3) is 0 Å². The first-order valence-electron chi connectivity index (χ1n) is 7.09. The fourth-order valence-electron chi connectivity index (χ4n) is 2.52. The fraction of sp³-hybridized carbons (Fsp3) is 0.429. The van der Waals surface area contributed by atoms with Crippen LogP contribution in [0, 0.1) is 17.7 Å². The van der Waals surface area contributed by atoms with Gasteiger partial charge in [0.2, 0.25) is 0 Å². The third-order valence-electron chi connectivity index (χ3n) is 3.74. The number of hydrogen-bond acceptors (Lipinski definition) is 3. The van der Waals surface area contributed by atoms with Crippen molar-refractivity contribution in [1.82, 2.24) is 4.90 Å². The summed E-state index contributed by atoms with van der Waals surface area (Å²) in [7, 11) is 0. The summed E-state index contributed by atoms with van der Waals surface area (Å²) in [6, 6.07) is 1.37. The van der Waals surface area contributed by atoms with Crippen LogP contribution < -0.4 is 10.1 Å². The number of hydrogen-bond donors (Lipinski definition) is 2. The third-order valence-corrected chi connectivity index (χ3v) is 3.74. The van der Waals surface area contributed by atoms with Gasteiger partial charge in [-0.2, -0.15) is 22.0 Å². The Balaban J connectivity index is 2.08. The second-order valence-electron chi connectivity index (χ2n) is 5.45. The smallest absolute Gasteiger partial charge is 0.394 e. The molecule has 1 aromatic rings. The first-order chi connectivity index (χ1) is 12.0. The van der Waals surface area contributed by atoms with Crippen LogP contribution in [-0.2, 0) is 4.79 Å². The first-order valence-corrected chi connectivity index (χ1v) is 7.09. The number of aliphatic carboxylic acids is 1. The molecule has 0 saturated carbocycles. The lowest BCUT2D eigenvalue weighted by Gasteiger charge is -2.19. The molecule has 1 saturated heterocycles. The number of nitrogens with one attached hydrogen (secondary N) is 1. The molecule has 0 aromatic heterocycles. The molecule has 1 aliphatic heterocycles. The van der Waals surface area contributed by atoms with Crippen LogP contribution in [0.15, 0.2) is 18.2 Å². The van der Waals surface area contributed by atoms with Crippen LogP contribution in [0.3, 0.4) is 0 Å². The maximum Gasteiger partial charge on any atom is 0.394 e. The van der Waals surface area contributed by atoms with E-state index in [-0.39, 0.29) is 5.69 Å². The minimum Gasteiger partial charge on any atom is -0.481 e. The number of carboxylic acid groups (broad SMARTS) is 1. The molecule has 1 aromatic carbocycles. The highest BCUT2D eigenvalue weighted by atomic mass is 19.4. The molecule has 0 unspecified atom stereocenters. The predicted octanol–water partition coefficient (Wildman–Crippen LogP) is 3.15. The van der Waals surface area contributed by atoms with Gasteiger partial charge in [-0.05, 0) is 12.1 Å². The Labute approximate surface area is 142 Å². The van der Waals surface area contributed by atoms with Crippen molar-refractivity contribution in [2.45, 2.75) is 12.8 Å². The average Bonchev–Trinajstić information content (AvgIpc) is 2.95. The molecule has 1 heterocycles. The first kappa shape index (κ1) is 19.7. The van der Waals surface area contributed by atoms with Crippen LogP contribution >= 0.6 is 0 Å². The van der Waals surface area contributed by atoms with Crippen molar-refractivity contribution in [1.29, 1.82) is 0 Å². The molecule has 6 nitrogen and oxygen atoms in total. The Kier molecular flexibility index (Phi) is 5.52. The van der Waals surface area contributed by atoms with Crippen molar-refractivity contribution < 1.29 is 45.8 Å². The number of urea groups is 1. The summed E-state index contributed by atoms with van der Waals surface area (Å²) < 4.78 is 80.2. The average molecular weight is 386 g/mol. The Morgan fingerprint density at radius 3 is 2.38 bits per heavy atom. The molecular formula is C14H12F6N2O4. The van der Waals surface area contributed by atoms with Crippen LogP contribution in [0.1, 0.15) is 0 Å². The van der Waals surface area contributed by atoms with E-state index < -0.39 is 61.3 Å². The Morgan fingerprint density at radius 2 is 1.92 bits per heavy atom. The molecule has 144 valence electrons. The van der Waals surface area contributed by atoms with Crippen LogP contribution in [0.5, 0.6) is 5.75 Å². The lowest BCUT2D eigenvalue weighted by Crippen LogP contribution is -2.35. The summed E-state index contributed by atoms with van der Waals surface area (Å²) in [5.74, 6) is -7.74. The predicted molar refractivity (Wildman–Crippen MR) is 74.3 cm³/mol. The van der Waals surface area contributed by atoms with Crippen molar-refractivity contribution in [3.05, 3.63) is 24.0 Å². The van der Waals surface area contributed by atoms with E-state index in [1.807, 2.05) is 0 Å². The van der Waals surface area contributed by atoms with Crippen LogP contribution in [0.25, 0.3) is 0 Å². The van der Waals surface area contributed by atoms with Gasteiger partial charge in [0.15, 0.2) is 11.6 Å². The van der Waals surface area contributed by atoms with Gasteiger partial charge < -0.3 is 20.1 Å². The molecular weight excluding hydrogens is 374 g/mol. The number of amides is 2. The van der Waals surface area contributed by atoms with Gasteiger partial charge in [-0.3, -0.25) is 4.79 Å². The number of carboxylic acids is 1. The minimum absolute atomic E-state index is 0.226. The number of ether oxygens (including phenoxy) is 1. The normalized spacial score (nSPS) is 20.3. The summed E-state index contributed by atoms with van der Waals surface area (Å²) in [5.41, 5.74) is -0.226. The zero-order valence-corrected chi connectivity index (χ0v) is 12.8. The van der Waals surface area contributed by atoms with E-state index in [4.69, 9.17) is 5.11 Å². The maximum atomic E-state index is 13.6. The third kappa shape index (κ3) is 4.49. The lowest BCUT2D eigenvalue weighted by atomic mass is 9.96. The van der Waals surface area contributed by atoms with Crippen molar-refractivity contribution in [2.24, 2.45) is 11.8 Å². The van der Waals surface area contributed by atoms with E-state index >= 15 is 0 Å². The second-order valence-corrected chi connectivity index (χ2v) is 5.45. The molecule has 2 atom stereocenters. The standard InChI is InChI=1S/C14H12F6N2O4/c15-9-3-6(1-2-10(9)26-12(16)17)21-13(25)22-4-7(11(23)24)8(5-22)14(18,19)20/h1-3,7-8,12H,4-5H2,(H,21,25)(H,23,24)/t7-,8-/m1/s1. The Hall–Kier alpha value is -2.66. The van der Waals surface area contributed by atoms with Gasteiger partial charge in [-0.1, -0.05) is 0 Å². The van der Waals surface area contributed by atoms with Gasteiger partial charge in [0.05, 0.1) is 11.8 Å². The number of benzene rings is 1. The monoisotopic (exact) mass is 386 g/mol. The summed E-state index contributed by atoms with van der Waals surface area (Å²) in [5, 5.41) is 11.0. The molecule has 2 N–H and O–H groups in total.